The quantitative estimate of drug-likeness (QED) is 0.766. The van der Waals surface area contributed by atoms with Crippen molar-refractivity contribution in [3.63, 3.8) is 0 Å². The molecule has 0 saturated heterocycles. The molecule has 0 N–H and O–H groups in total. The third-order valence-electron chi connectivity index (χ3n) is 5.29. The summed E-state index contributed by atoms with van der Waals surface area (Å²) in [6.45, 7) is 6.27. The molecule has 1 amide bonds. The predicted molar refractivity (Wildman–Crippen MR) is 114 cm³/mol. The normalized spacial score (nSPS) is 15.1. The van der Waals surface area contributed by atoms with Gasteiger partial charge in [0.1, 0.15) is 6.04 Å². The molecule has 0 aromatic heterocycles. The third-order valence-corrected chi connectivity index (χ3v) is 6.46. The number of fused-ring (bicyclic) bond motifs is 1. The summed E-state index contributed by atoms with van der Waals surface area (Å²) in [7, 11) is -3.64. The van der Waals surface area contributed by atoms with Crippen LogP contribution in [0.25, 0.3) is 0 Å². The van der Waals surface area contributed by atoms with E-state index in [1.54, 1.807) is 4.90 Å². The van der Waals surface area contributed by atoms with Crippen LogP contribution in [-0.4, -0.2) is 33.2 Å². The van der Waals surface area contributed by atoms with Crippen LogP contribution in [0.3, 0.4) is 0 Å². The van der Waals surface area contributed by atoms with Gasteiger partial charge in [-0.05, 0) is 61.9 Å². The molecule has 0 radical (unpaired) electrons. The highest BCUT2D eigenvalue weighted by Crippen LogP contribution is 2.32. The molecule has 2 aromatic rings. The van der Waals surface area contributed by atoms with Crippen molar-refractivity contribution < 1.29 is 13.2 Å². The van der Waals surface area contributed by atoms with Gasteiger partial charge in [-0.25, -0.2) is 8.42 Å². The Morgan fingerprint density at radius 3 is 2.57 bits per heavy atom. The van der Waals surface area contributed by atoms with E-state index in [-0.39, 0.29) is 5.91 Å². The maximum Gasteiger partial charge on any atom is 0.250 e. The second kappa shape index (κ2) is 7.95. The van der Waals surface area contributed by atoms with Crippen molar-refractivity contribution in [3.05, 3.63) is 59.2 Å². The van der Waals surface area contributed by atoms with Gasteiger partial charge in [-0.1, -0.05) is 37.3 Å². The number of anilines is 2. The molecule has 0 saturated carbocycles. The summed E-state index contributed by atoms with van der Waals surface area (Å²) in [5.74, 6) is -0.166. The molecule has 5 nitrogen and oxygen atoms in total. The van der Waals surface area contributed by atoms with E-state index in [1.165, 1.54) is 10.6 Å². The van der Waals surface area contributed by atoms with Crippen LogP contribution in [0.15, 0.2) is 42.5 Å². The Kier molecular flexibility index (Phi) is 5.79. The van der Waals surface area contributed by atoms with Gasteiger partial charge in [-0.15, -0.1) is 0 Å². The first kappa shape index (κ1) is 20.4. The average Bonchev–Trinajstić information content (AvgIpc) is 2.66. The van der Waals surface area contributed by atoms with E-state index in [4.69, 9.17) is 0 Å². The highest BCUT2D eigenvalue weighted by Gasteiger charge is 2.36. The molecular weight excluding hydrogens is 372 g/mol. The van der Waals surface area contributed by atoms with Crippen LogP contribution in [0.2, 0.25) is 0 Å². The first-order chi connectivity index (χ1) is 13.2. The lowest BCUT2D eigenvalue weighted by Gasteiger charge is -2.37. The fourth-order valence-electron chi connectivity index (χ4n) is 3.92. The number of hydrogen-bond acceptors (Lipinski definition) is 3. The number of nitrogens with zero attached hydrogens (tertiary/aromatic N) is 2. The van der Waals surface area contributed by atoms with Crippen molar-refractivity contribution in [1.29, 1.82) is 0 Å². The molecule has 6 heteroatoms. The average molecular weight is 401 g/mol. The number of rotatable bonds is 5. The Morgan fingerprint density at radius 1 is 1.18 bits per heavy atom. The van der Waals surface area contributed by atoms with E-state index in [0.717, 1.165) is 35.2 Å². The van der Waals surface area contributed by atoms with E-state index in [2.05, 4.69) is 0 Å². The third kappa shape index (κ3) is 3.92. The van der Waals surface area contributed by atoms with Crippen molar-refractivity contribution in [2.75, 3.05) is 22.0 Å². The summed E-state index contributed by atoms with van der Waals surface area (Å²) < 4.78 is 26.9. The number of hydrogen-bond donors (Lipinski definition) is 0. The first-order valence-electron chi connectivity index (χ1n) is 9.70. The number of benzene rings is 2. The fourth-order valence-corrected chi connectivity index (χ4v) is 5.17. The van der Waals surface area contributed by atoms with Gasteiger partial charge in [0, 0.05) is 12.2 Å². The fraction of sp³-hybridized carbons (Fsp3) is 0.409. The smallest absolute Gasteiger partial charge is 0.250 e. The molecule has 1 aliphatic heterocycles. The number of para-hydroxylation sites is 1. The van der Waals surface area contributed by atoms with Crippen molar-refractivity contribution in [2.45, 2.75) is 46.1 Å². The van der Waals surface area contributed by atoms with Crippen molar-refractivity contribution in [1.82, 2.24) is 0 Å². The minimum absolute atomic E-state index is 0.166. The minimum Gasteiger partial charge on any atom is -0.310 e. The lowest BCUT2D eigenvalue weighted by Crippen LogP contribution is -2.52. The zero-order valence-corrected chi connectivity index (χ0v) is 17.8. The number of sulfonamides is 1. The lowest BCUT2D eigenvalue weighted by molar-refractivity contribution is -0.119. The van der Waals surface area contributed by atoms with Crippen molar-refractivity contribution >= 4 is 27.3 Å². The highest BCUT2D eigenvalue weighted by atomic mass is 32.2. The van der Waals surface area contributed by atoms with E-state index in [9.17, 15) is 13.2 Å². The number of carbonyl (C=O) groups excluding carboxylic acids is 1. The molecule has 0 unspecified atom stereocenters. The largest absolute Gasteiger partial charge is 0.310 e. The summed E-state index contributed by atoms with van der Waals surface area (Å²) in [4.78, 5) is 15.3. The predicted octanol–water partition coefficient (Wildman–Crippen LogP) is 3.83. The molecule has 1 aliphatic rings. The molecule has 1 heterocycles. The first-order valence-corrected chi connectivity index (χ1v) is 11.5. The summed E-state index contributed by atoms with van der Waals surface area (Å²) in [6, 6.07) is 12.8. The van der Waals surface area contributed by atoms with Crippen LogP contribution in [0, 0.1) is 13.8 Å². The van der Waals surface area contributed by atoms with E-state index < -0.39 is 16.1 Å². The minimum atomic E-state index is -3.64. The van der Waals surface area contributed by atoms with Gasteiger partial charge in [0.05, 0.1) is 11.9 Å². The maximum absolute atomic E-state index is 13.6. The van der Waals surface area contributed by atoms with Crippen LogP contribution in [-0.2, 0) is 21.2 Å². The Bertz CT molecular complexity index is 985. The van der Waals surface area contributed by atoms with Crippen LogP contribution >= 0.6 is 0 Å². The van der Waals surface area contributed by atoms with Gasteiger partial charge >= 0.3 is 0 Å². The van der Waals surface area contributed by atoms with E-state index in [1.807, 2.05) is 63.2 Å². The number of amides is 1. The van der Waals surface area contributed by atoms with Crippen molar-refractivity contribution in [2.24, 2.45) is 0 Å². The second-order valence-corrected chi connectivity index (χ2v) is 9.35. The van der Waals surface area contributed by atoms with Crippen LogP contribution < -0.4 is 9.21 Å². The number of carbonyl (C=O) groups is 1. The summed E-state index contributed by atoms with van der Waals surface area (Å²) in [6.07, 6.45) is 3.39. The topological polar surface area (TPSA) is 57.7 Å². The van der Waals surface area contributed by atoms with Gasteiger partial charge in [0.25, 0.3) is 5.91 Å². The Balaban J connectivity index is 2.07. The van der Waals surface area contributed by atoms with Crippen LogP contribution in [0.4, 0.5) is 11.4 Å². The second-order valence-electron chi connectivity index (χ2n) is 7.49. The number of aryl methyl sites for hydroxylation is 3. The highest BCUT2D eigenvalue weighted by molar-refractivity contribution is 7.92. The summed E-state index contributed by atoms with van der Waals surface area (Å²) in [5.41, 5.74) is 4.40. The molecule has 0 fully saturated rings. The maximum atomic E-state index is 13.6. The molecule has 0 spiro atoms. The zero-order valence-electron chi connectivity index (χ0n) is 17.0. The van der Waals surface area contributed by atoms with E-state index >= 15 is 0 Å². The molecule has 0 aliphatic carbocycles. The summed E-state index contributed by atoms with van der Waals surface area (Å²) >= 11 is 0. The molecule has 3 rings (SSSR count). The van der Waals surface area contributed by atoms with Gasteiger partial charge in [0.2, 0.25) is 10.0 Å². The Morgan fingerprint density at radius 2 is 1.89 bits per heavy atom. The summed E-state index contributed by atoms with van der Waals surface area (Å²) in [5, 5.41) is 0. The monoisotopic (exact) mass is 400 g/mol. The van der Waals surface area contributed by atoms with Gasteiger partial charge in [-0.2, -0.15) is 0 Å². The molecule has 2 aromatic carbocycles. The standard InChI is InChI=1S/C22H28N2O3S/c1-5-19(22(25)23-14-8-10-18-9-6-7-11-20(18)23)24(28(4,26)27)21-15-16(2)12-13-17(21)3/h6-7,9,11-13,15,19H,5,8,10,14H2,1-4H3/t19-/m0/s1. The molecule has 28 heavy (non-hydrogen) atoms. The molecular formula is C22H28N2O3S. The lowest BCUT2D eigenvalue weighted by atomic mass is 10.0. The van der Waals surface area contributed by atoms with Crippen molar-refractivity contribution in [3.8, 4) is 0 Å². The van der Waals surface area contributed by atoms with Gasteiger partial charge in [0.15, 0.2) is 0 Å². The zero-order chi connectivity index (χ0) is 20.5. The molecule has 1 atom stereocenters. The van der Waals surface area contributed by atoms with Crippen LogP contribution in [0.5, 0.6) is 0 Å². The van der Waals surface area contributed by atoms with E-state index in [0.29, 0.717) is 18.7 Å². The van der Waals surface area contributed by atoms with Gasteiger partial charge < -0.3 is 4.90 Å². The Labute approximate surface area is 168 Å². The van der Waals surface area contributed by atoms with Crippen LogP contribution in [0.1, 0.15) is 36.5 Å². The Hall–Kier alpha value is -2.34. The SMILES string of the molecule is CC[C@@H](C(=O)N1CCCc2ccccc21)N(c1cc(C)ccc1C)S(C)(=O)=O. The van der Waals surface area contributed by atoms with Gasteiger partial charge in [-0.3, -0.25) is 9.10 Å². The molecule has 0 bridgehead atoms. The molecule has 150 valence electrons.